The molecule has 0 radical (unpaired) electrons. The molecule has 0 saturated carbocycles. The molecule has 1 unspecified atom stereocenters. The lowest BCUT2D eigenvalue weighted by molar-refractivity contribution is -0.137. The number of nitrogens with one attached hydrogen (secondary N) is 1. The Balaban J connectivity index is 1.64. The maximum atomic E-state index is 13.3. The van der Waals surface area contributed by atoms with Gasteiger partial charge in [0.2, 0.25) is 11.8 Å². The highest BCUT2D eigenvalue weighted by molar-refractivity contribution is 6.30. The molecule has 1 fully saturated rings. The molecule has 0 aliphatic carbocycles. The van der Waals surface area contributed by atoms with E-state index in [0.717, 1.165) is 0 Å². The van der Waals surface area contributed by atoms with Gasteiger partial charge in [0.1, 0.15) is 12.6 Å². The maximum absolute atomic E-state index is 13.3. The van der Waals surface area contributed by atoms with Gasteiger partial charge in [0.15, 0.2) is 0 Å². The Kier molecular flexibility index (Phi) is 5.87. The third-order valence-electron chi connectivity index (χ3n) is 5.49. The number of rotatable bonds is 4. The normalized spacial score (nSPS) is 18.2. The summed E-state index contributed by atoms with van der Waals surface area (Å²) in [5.74, 6) is -2.36. The highest BCUT2D eigenvalue weighted by Gasteiger charge is 2.40. The summed E-state index contributed by atoms with van der Waals surface area (Å²) in [6.45, 7) is -1.55. The van der Waals surface area contributed by atoms with Crippen LogP contribution in [0.3, 0.4) is 0 Å². The molecule has 4 rings (SSSR count). The highest BCUT2D eigenvalue weighted by atomic mass is 35.5. The van der Waals surface area contributed by atoms with E-state index in [1.807, 2.05) is 0 Å². The zero-order valence-electron chi connectivity index (χ0n) is 17.0. The van der Waals surface area contributed by atoms with Crippen LogP contribution in [0.15, 0.2) is 42.5 Å². The summed E-state index contributed by atoms with van der Waals surface area (Å²) in [5.41, 5.74) is 0.599. The fraction of sp³-hybridized carbons (Fsp3) is 0.273. The van der Waals surface area contributed by atoms with E-state index in [2.05, 4.69) is 5.32 Å². The molecule has 1 N–H and O–H groups in total. The van der Waals surface area contributed by atoms with Gasteiger partial charge in [-0.25, -0.2) is 0 Å². The molecule has 1 saturated heterocycles. The van der Waals surface area contributed by atoms with Gasteiger partial charge in [-0.05, 0) is 54.4 Å². The molecular formula is C22H17ClF3N3O4. The minimum atomic E-state index is -4.67. The first-order chi connectivity index (χ1) is 15.5. The van der Waals surface area contributed by atoms with Gasteiger partial charge in [-0.2, -0.15) is 13.2 Å². The molecule has 0 spiro atoms. The number of alkyl halides is 3. The first-order valence-electron chi connectivity index (χ1n) is 9.95. The number of anilines is 1. The Morgan fingerprint density at radius 2 is 1.82 bits per heavy atom. The van der Waals surface area contributed by atoms with Crippen LogP contribution in [0.2, 0.25) is 5.02 Å². The Bertz CT molecular complexity index is 1150. The summed E-state index contributed by atoms with van der Waals surface area (Å²) in [5, 5.41) is 2.52. The summed E-state index contributed by atoms with van der Waals surface area (Å²) in [6, 6.07) is 8.57. The number of nitrogens with zero attached hydrogens (tertiary/aromatic N) is 2. The average Bonchev–Trinajstić information content (AvgIpc) is 3.07. The number of halogens is 4. The minimum absolute atomic E-state index is 0.0189. The fourth-order valence-electron chi connectivity index (χ4n) is 3.94. The van der Waals surface area contributed by atoms with E-state index in [1.54, 1.807) is 0 Å². The van der Waals surface area contributed by atoms with Crippen molar-refractivity contribution in [2.45, 2.75) is 31.6 Å². The first kappa shape index (κ1) is 22.8. The van der Waals surface area contributed by atoms with Crippen LogP contribution in [-0.4, -0.2) is 47.3 Å². The van der Waals surface area contributed by atoms with Crippen LogP contribution in [0.5, 0.6) is 0 Å². The van der Waals surface area contributed by atoms with Gasteiger partial charge in [-0.1, -0.05) is 11.6 Å². The number of carbonyl (C=O) groups excluding carboxylic acids is 4. The van der Waals surface area contributed by atoms with Gasteiger partial charge in [-0.3, -0.25) is 29.4 Å². The lowest BCUT2D eigenvalue weighted by Crippen LogP contribution is -2.52. The summed E-state index contributed by atoms with van der Waals surface area (Å²) in [4.78, 5) is 51.2. The van der Waals surface area contributed by atoms with Crippen molar-refractivity contribution < 1.29 is 32.3 Å². The van der Waals surface area contributed by atoms with E-state index in [0.29, 0.717) is 15.5 Å². The quantitative estimate of drug-likeness (QED) is 0.682. The molecule has 7 nitrogen and oxygen atoms in total. The Morgan fingerprint density at radius 1 is 1.12 bits per heavy atom. The van der Waals surface area contributed by atoms with Crippen LogP contribution in [0.25, 0.3) is 0 Å². The van der Waals surface area contributed by atoms with Crippen molar-refractivity contribution in [1.82, 2.24) is 10.2 Å². The monoisotopic (exact) mass is 479 g/mol. The lowest BCUT2D eigenvalue weighted by Gasteiger charge is -2.29. The zero-order chi connectivity index (χ0) is 23.9. The number of hydrogen-bond acceptors (Lipinski definition) is 4. The van der Waals surface area contributed by atoms with E-state index in [-0.39, 0.29) is 36.2 Å². The van der Waals surface area contributed by atoms with Crippen molar-refractivity contribution in [3.8, 4) is 0 Å². The fourth-order valence-corrected chi connectivity index (χ4v) is 4.06. The van der Waals surface area contributed by atoms with E-state index in [9.17, 15) is 32.3 Å². The number of carbonyl (C=O) groups is 4. The molecule has 2 aromatic rings. The predicted octanol–water partition coefficient (Wildman–Crippen LogP) is 3.31. The molecule has 2 aromatic carbocycles. The van der Waals surface area contributed by atoms with Crippen LogP contribution in [0.1, 0.15) is 39.1 Å². The molecule has 2 heterocycles. The maximum Gasteiger partial charge on any atom is 0.406 e. The summed E-state index contributed by atoms with van der Waals surface area (Å²) in [7, 11) is 0. The molecule has 1 atom stereocenters. The lowest BCUT2D eigenvalue weighted by atomic mass is 10.0. The SMILES string of the molecule is O=C1CCC(N2Cc3cc(N(CC(F)(F)F)C(=O)c4ccc(Cl)cc4)ccc3C2=O)C(=O)N1. The average molecular weight is 480 g/mol. The number of benzene rings is 2. The molecular weight excluding hydrogens is 463 g/mol. The third-order valence-corrected chi connectivity index (χ3v) is 5.74. The molecule has 2 aliphatic heterocycles. The van der Waals surface area contributed by atoms with Crippen molar-refractivity contribution in [2.24, 2.45) is 0 Å². The Hall–Kier alpha value is -3.40. The van der Waals surface area contributed by atoms with Gasteiger partial charge in [-0.15, -0.1) is 0 Å². The van der Waals surface area contributed by atoms with Crippen LogP contribution < -0.4 is 10.2 Å². The summed E-state index contributed by atoms with van der Waals surface area (Å²) >= 11 is 5.80. The number of piperidine rings is 1. The number of amides is 4. The van der Waals surface area contributed by atoms with Crippen molar-refractivity contribution in [2.75, 3.05) is 11.4 Å². The van der Waals surface area contributed by atoms with Crippen LogP contribution in [0, 0.1) is 0 Å². The molecule has 4 amide bonds. The molecule has 33 heavy (non-hydrogen) atoms. The highest BCUT2D eigenvalue weighted by Crippen LogP contribution is 2.32. The summed E-state index contributed by atoms with van der Waals surface area (Å²) in [6.07, 6.45) is -4.43. The third kappa shape index (κ3) is 4.70. The predicted molar refractivity (Wildman–Crippen MR) is 112 cm³/mol. The second kappa shape index (κ2) is 8.51. The van der Waals surface area contributed by atoms with Crippen molar-refractivity contribution in [3.05, 3.63) is 64.2 Å². The van der Waals surface area contributed by atoms with Crippen molar-refractivity contribution in [1.29, 1.82) is 0 Å². The van der Waals surface area contributed by atoms with E-state index < -0.39 is 42.4 Å². The molecule has 2 aliphatic rings. The number of hydrogen-bond donors (Lipinski definition) is 1. The van der Waals surface area contributed by atoms with E-state index >= 15 is 0 Å². The second-order valence-electron chi connectivity index (χ2n) is 7.75. The van der Waals surface area contributed by atoms with Gasteiger partial charge in [0, 0.05) is 34.8 Å². The molecule has 11 heteroatoms. The Morgan fingerprint density at radius 3 is 2.45 bits per heavy atom. The van der Waals surface area contributed by atoms with Crippen molar-refractivity contribution >= 4 is 40.9 Å². The first-order valence-corrected chi connectivity index (χ1v) is 10.3. The van der Waals surface area contributed by atoms with Crippen LogP contribution >= 0.6 is 11.6 Å². The van der Waals surface area contributed by atoms with Crippen molar-refractivity contribution in [3.63, 3.8) is 0 Å². The van der Waals surface area contributed by atoms with E-state index in [1.165, 1.54) is 47.4 Å². The zero-order valence-corrected chi connectivity index (χ0v) is 17.7. The minimum Gasteiger partial charge on any atom is -0.322 e. The largest absolute Gasteiger partial charge is 0.406 e. The van der Waals surface area contributed by atoms with Crippen LogP contribution in [0.4, 0.5) is 18.9 Å². The number of imide groups is 1. The van der Waals surface area contributed by atoms with Gasteiger partial charge in [0.05, 0.1) is 0 Å². The van der Waals surface area contributed by atoms with E-state index in [4.69, 9.17) is 11.6 Å². The smallest absolute Gasteiger partial charge is 0.322 e. The standard InChI is InChI=1S/C22H17ClF3N3O4/c23-14-3-1-12(2-4-14)20(32)29(11-22(24,25)26)15-5-6-16-13(9-15)10-28(21(16)33)17-7-8-18(30)27-19(17)31/h1-6,9,17H,7-8,10-11H2,(H,27,30,31). The second-order valence-corrected chi connectivity index (χ2v) is 8.19. The van der Waals surface area contributed by atoms with Gasteiger partial charge < -0.3 is 4.90 Å². The van der Waals surface area contributed by atoms with Gasteiger partial charge >= 0.3 is 6.18 Å². The topological polar surface area (TPSA) is 86.8 Å². The number of fused-ring (bicyclic) bond motifs is 1. The Labute approximate surface area is 191 Å². The van der Waals surface area contributed by atoms with Crippen LogP contribution in [-0.2, 0) is 16.1 Å². The summed E-state index contributed by atoms with van der Waals surface area (Å²) < 4.78 is 39.9. The molecule has 172 valence electrons. The molecule has 0 aromatic heterocycles. The van der Waals surface area contributed by atoms with Gasteiger partial charge in [0.25, 0.3) is 11.8 Å². The molecule has 0 bridgehead atoms.